The van der Waals surface area contributed by atoms with Crippen molar-refractivity contribution in [3.63, 3.8) is 0 Å². The van der Waals surface area contributed by atoms with Gasteiger partial charge in [-0.25, -0.2) is 0 Å². The van der Waals surface area contributed by atoms with E-state index in [1.165, 1.54) is 49.7 Å². The smallest absolute Gasteiger partial charge is 0.124 e. The Morgan fingerprint density at radius 1 is 1.32 bits per heavy atom. The fourth-order valence-electron chi connectivity index (χ4n) is 3.50. The van der Waals surface area contributed by atoms with Gasteiger partial charge < -0.3 is 10.5 Å². The Labute approximate surface area is 120 Å². The molecule has 2 fully saturated rings. The van der Waals surface area contributed by atoms with Crippen LogP contribution in [0.25, 0.3) is 0 Å². The minimum atomic E-state index is 0.124. The Bertz CT molecular complexity index is 476. The van der Waals surface area contributed by atoms with Crippen LogP contribution in [0.2, 0.25) is 5.02 Å². The molecule has 2 aliphatic rings. The van der Waals surface area contributed by atoms with Crippen LogP contribution in [0.1, 0.15) is 55.6 Å². The highest BCUT2D eigenvalue weighted by Gasteiger charge is 2.37. The SMILES string of the molecule is COc1cc(C2(CN)CCCC2)cc(Cl)c1C1CC1. The van der Waals surface area contributed by atoms with E-state index in [2.05, 4.69) is 12.1 Å². The number of methoxy groups -OCH3 is 1. The van der Waals surface area contributed by atoms with Crippen LogP contribution >= 0.6 is 11.6 Å². The first-order valence-electron chi connectivity index (χ1n) is 7.28. The molecule has 0 aromatic heterocycles. The summed E-state index contributed by atoms with van der Waals surface area (Å²) in [5, 5.41) is 0.872. The average Bonchev–Trinajstić information content (AvgIpc) is 3.14. The molecule has 2 nitrogen and oxygen atoms in total. The average molecular weight is 280 g/mol. The minimum Gasteiger partial charge on any atom is -0.496 e. The molecule has 2 N–H and O–H groups in total. The third-order valence-electron chi connectivity index (χ3n) is 4.86. The summed E-state index contributed by atoms with van der Waals surface area (Å²) in [5.41, 5.74) is 8.68. The zero-order chi connectivity index (χ0) is 13.5. The summed E-state index contributed by atoms with van der Waals surface area (Å²) in [6.45, 7) is 0.704. The van der Waals surface area contributed by atoms with E-state index in [9.17, 15) is 0 Å². The first kappa shape index (κ1) is 13.3. The van der Waals surface area contributed by atoms with E-state index in [4.69, 9.17) is 22.1 Å². The zero-order valence-corrected chi connectivity index (χ0v) is 12.3. The van der Waals surface area contributed by atoms with Gasteiger partial charge in [0.25, 0.3) is 0 Å². The molecule has 0 atom stereocenters. The number of ether oxygens (including phenoxy) is 1. The molecule has 1 aromatic rings. The van der Waals surface area contributed by atoms with Gasteiger partial charge in [0.1, 0.15) is 5.75 Å². The van der Waals surface area contributed by atoms with Crippen molar-refractivity contribution in [1.82, 2.24) is 0 Å². The number of nitrogens with two attached hydrogens (primary N) is 1. The van der Waals surface area contributed by atoms with E-state index in [0.717, 1.165) is 10.8 Å². The van der Waals surface area contributed by atoms with E-state index >= 15 is 0 Å². The maximum atomic E-state index is 6.52. The van der Waals surface area contributed by atoms with E-state index in [0.29, 0.717) is 12.5 Å². The molecule has 1 aromatic carbocycles. The van der Waals surface area contributed by atoms with Crippen molar-refractivity contribution in [2.45, 2.75) is 49.9 Å². The highest BCUT2D eigenvalue weighted by atomic mass is 35.5. The molecule has 104 valence electrons. The van der Waals surface area contributed by atoms with E-state index in [1.54, 1.807) is 7.11 Å². The molecular weight excluding hydrogens is 258 g/mol. The van der Waals surface area contributed by atoms with Crippen molar-refractivity contribution in [2.24, 2.45) is 5.73 Å². The summed E-state index contributed by atoms with van der Waals surface area (Å²) < 4.78 is 5.59. The van der Waals surface area contributed by atoms with Crippen LogP contribution in [0.3, 0.4) is 0 Å². The van der Waals surface area contributed by atoms with Gasteiger partial charge in [0.2, 0.25) is 0 Å². The van der Waals surface area contributed by atoms with Crippen molar-refractivity contribution in [3.05, 3.63) is 28.3 Å². The van der Waals surface area contributed by atoms with Gasteiger partial charge in [-0.05, 0) is 49.3 Å². The normalized spacial score (nSPS) is 21.6. The predicted molar refractivity (Wildman–Crippen MR) is 79.2 cm³/mol. The third kappa shape index (κ3) is 2.25. The molecule has 2 saturated carbocycles. The molecule has 0 saturated heterocycles. The Hall–Kier alpha value is -0.730. The van der Waals surface area contributed by atoms with Crippen LogP contribution < -0.4 is 10.5 Å². The van der Waals surface area contributed by atoms with E-state index in [-0.39, 0.29) is 5.41 Å². The molecular formula is C16H22ClNO. The number of hydrogen-bond donors (Lipinski definition) is 1. The molecule has 3 rings (SSSR count). The van der Waals surface area contributed by atoms with Gasteiger partial charge in [-0.15, -0.1) is 0 Å². The lowest BCUT2D eigenvalue weighted by Crippen LogP contribution is -2.32. The Balaban J connectivity index is 2.05. The lowest BCUT2D eigenvalue weighted by molar-refractivity contribution is 0.403. The maximum Gasteiger partial charge on any atom is 0.124 e. The van der Waals surface area contributed by atoms with E-state index in [1.807, 2.05) is 0 Å². The van der Waals surface area contributed by atoms with Gasteiger partial charge >= 0.3 is 0 Å². The number of halogens is 1. The molecule has 0 radical (unpaired) electrons. The molecule has 0 unspecified atom stereocenters. The van der Waals surface area contributed by atoms with Gasteiger partial charge in [-0.1, -0.05) is 24.4 Å². The standard InChI is InChI=1S/C16H22ClNO/c1-19-14-9-12(16(10-18)6-2-3-7-16)8-13(17)15(14)11-4-5-11/h8-9,11H,2-7,10,18H2,1H3. The van der Waals surface area contributed by atoms with Crippen molar-refractivity contribution in [1.29, 1.82) is 0 Å². The second-order valence-electron chi connectivity index (χ2n) is 6.04. The first-order valence-corrected chi connectivity index (χ1v) is 7.66. The number of benzene rings is 1. The highest BCUT2D eigenvalue weighted by molar-refractivity contribution is 6.31. The van der Waals surface area contributed by atoms with Crippen molar-refractivity contribution >= 4 is 11.6 Å². The van der Waals surface area contributed by atoms with Crippen LogP contribution in [0, 0.1) is 0 Å². The summed E-state index contributed by atoms with van der Waals surface area (Å²) in [6, 6.07) is 4.34. The molecule has 0 amide bonds. The largest absolute Gasteiger partial charge is 0.496 e. The fraction of sp³-hybridized carbons (Fsp3) is 0.625. The quantitative estimate of drug-likeness (QED) is 0.904. The number of hydrogen-bond acceptors (Lipinski definition) is 2. The monoisotopic (exact) mass is 279 g/mol. The van der Waals surface area contributed by atoms with Crippen LogP contribution in [-0.2, 0) is 5.41 Å². The van der Waals surface area contributed by atoms with Crippen molar-refractivity contribution < 1.29 is 4.74 Å². The first-order chi connectivity index (χ1) is 9.20. The lowest BCUT2D eigenvalue weighted by Gasteiger charge is -2.29. The second-order valence-corrected chi connectivity index (χ2v) is 6.45. The van der Waals surface area contributed by atoms with Crippen LogP contribution in [0.4, 0.5) is 0 Å². The van der Waals surface area contributed by atoms with Crippen LogP contribution in [0.15, 0.2) is 12.1 Å². The van der Waals surface area contributed by atoms with Gasteiger partial charge in [-0.3, -0.25) is 0 Å². The molecule has 0 aliphatic heterocycles. The molecule has 3 heteroatoms. The van der Waals surface area contributed by atoms with Crippen molar-refractivity contribution in [3.8, 4) is 5.75 Å². The van der Waals surface area contributed by atoms with Gasteiger partial charge in [-0.2, -0.15) is 0 Å². The summed E-state index contributed by atoms with van der Waals surface area (Å²) in [5.74, 6) is 1.57. The summed E-state index contributed by atoms with van der Waals surface area (Å²) in [7, 11) is 1.74. The Morgan fingerprint density at radius 3 is 2.53 bits per heavy atom. The molecule has 0 heterocycles. The van der Waals surface area contributed by atoms with Gasteiger partial charge in [0.05, 0.1) is 7.11 Å². The van der Waals surface area contributed by atoms with Crippen LogP contribution in [-0.4, -0.2) is 13.7 Å². The maximum absolute atomic E-state index is 6.52. The van der Waals surface area contributed by atoms with E-state index < -0.39 is 0 Å². The van der Waals surface area contributed by atoms with Crippen LogP contribution in [0.5, 0.6) is 5.75 Å². The zero-order valence-electron chi connectivity index (χ0n) is 11.5. The van der Waals surface area contributed by atoms with Gasteiger partial charge in [0, 0.05) is 22.5 Å². The minimum absolute atomic E-state index is 0.124. The Morgan fingerprint density at radius 2 is 2.00 bits per heavy atom. The third-order valence-corrected chi connectivity index (χ3v) is 5.17. The predicted octanol–water partition coefficient (Wildman–Crippen LogP) is 4.00. The summed E-state index contributed by atoms with van der Waals surface area (Å²) in [4.78, 5) is 0. The summed E-state index contributed by atoms with van der Waals surface area (Å²) >= 11 is 6.52. The second kappa shape index (κ2) is 4.99. The number of rotatable bonds is 4. The molecule has 0 spiro atoms. The lowest BCUT2D eigenvalue weighted by atomic mass is 9.78. The van der Waals surface area contributed by atoms with Crippen molar-refractivity contribution in [2.75, 3.05) is 13.7 Å². The molecule has 19 heavy (non-hydrogen) atoms. The molecule has 0 bridgehead atoms. The van der Waals surface area contributed by atoms with Gasteiger partial charge in [0.15, 0.2) is 0 Å². The Kier molecular flexibility index (Phi) is 3.48. The highest BCUT2D eigenvalue weighted by Crippen LogP contribution is 2.50. The summed E-state index contributed by atoms with van der Waals surface area (Å²) in [6.07, 6.45) is 7.34. The topological polar surface area (TPSA) is 35.2 Å². The molecule has 2 aliphatic carbocycles. The fourth-order valence-corrected chi connectivity index (χ4v) is 3.86.